The topological polar surface area (TPSA) is 37.6 Å². The van der Waals surface area contributed by atoms with Crippen LogP contribution in [0.5, 0.6) is 0 Å². The lowest BCUT2D eigenvalue weighted by molar-refractivity contribution is -0.130. The molecular weight excluding hydrogens is 574 g/mol. The second-order valence-corrected chi connectivity index (χ2v) is 12.3. The Bertz CT molecular complexity index is 1610. The lowest BCUT2D eigenvalue weighted by atomic mass is 10.00. The van der Waals surface area contributed by atoms with Crippen molar-refractivity contribution in [1.82, 2.24) is 9.58 Å². The van der Waals surface area contributed by atoms with Crippen LogP contribution in [0.2, 0.25) is 0 Å². The first-order valence-corrected chi connectivity index (χ1v) is 15.2. The zero-order valence-corrected chi connectivity index (χ0v) is 24.1. The summed E-state index contributed by atoms with van der Waals surface area (Å²) in [7, 11) is 0. The molecule has 6 rings (SSSR count). The lowest BCUT2D eigenvalue weighted by Crippen LogP contribution is -2.28. The molecule has 5 aromatic rings. The highest BCUT2D eigenvalue weighted by atomic mass is 79.9. The van der Waals surface area contributed by atoms with Crippen molar-refractivity contribution in [2.75, 3.05) is 5.75 Å². The molecule has 1 amide bonds. The van der Waals surface area contributed by atoms with Gasteiger partial charge in [0, 0.05) is 39.4 Å². The number of hydrogen-bond donors (Lipinski definition) is 0. The van der Waals surface area contributed by atoms with E-state index in [0.29, 0.717) is 5.75 Å². The van der Waals surface area contributed by atoms with Crippen molar-refractivity contribution >= 4 is 61.6 Å². The van der Waals surface area contributed by atoms with Gasteiger partial charge in [0.15, 0.2) is 0 Å². The molecule has 0 bridgehead atoms. The Morgan fingerprint density at radius 3 is 2.58 bits per heavy atom. The zero-order valence-electron chi connectivity index (χ0n) is 20.9. The van der Waals surface area contributed by atoms with Gasteiger partial charge in [0.2, 0.25) is 0 Å². The first-order valence-electron chi connectivity index (χ1n) is 12.5. The lowest BCUT2D eigenvalue weighted by Gasteiger charge is -2.22. The van der Waals surface area contributed by atoms with Crippen LogP contribution in [0.1, 0.15) is 34.0 Å². The Balaban J connectivity index is 1.24. The molecule has 0 spiro atoms. The maximum absolute atomic E-state index is 13.6. The third-order valence-corrected chi connectivity index (χ3v) is 9.28. The number of fused-ring (bicyclic) bond motifs is 1. The van der Waals surface area contributed by atoms with Gasteiger partial charge in [-0.3, -0.25) is 4.79 Å². The predicted molar refractivity (Wildman–Crippen MR) is 162 cm³/mol. The van der Waals surface area contributed by atoms with E-state index in [-0.39, 0.29) is 11.9 Å². The van der Waals surface area contributed by atoms with Crippen LogP contribution in [-0.4, -0.2) is 26.9 Å². The van der Waals surface area contributed by atoms with Crippen LogP contribution in [0, 0.1) is 6.92 Å². The van der Waals surface area contributed by atoms with Gasteiger partial charge in [0.1, 0.15) is 0 Å². The Kier molecular flexibility index (Phi) is 7.24. The summed E-state index contributed by atoms with van der Waals surface area (Å²) in [5.41, 5.74) is 5.71. The van der Waals surface area contributed by atoms with Crippen LogP contribution in [0.3, 0.4) is 0 Å². The van der Waals surface area contributed by atoms with E-state index in [9.17, 15) is 4.79 Å². The number of carbonyl (C=O) groups is 1. The number of aryl methyl sites for hydroxylation is 1. The normalized spacial score (nSPS) is 15.3. The van der Waals surface area contributed by atoms with Gasteiger partial charge in [-0.2, -0.15) is 5.10 Å². The molecule has 3 aromatic carbocycles. The highest BCUT2D eigenvalue weighted by Crippen LogP contribution is 2.36. The second-order valence-electron chi connectivity index (χ2n) is 9.45. The summed E-state index contributed by atoms with van der Waals surface area (Å²) in [6.07, 6.45) is 2.90. The average molecular weight is 601 g/mol. The summed E-state index contributed by atoms with van der Waals surface area (Å²) in [5, 5.41) is 9.78. The van der Waals surface area contributed by atoms with Gasteiger partial charge >= 0.3 is 0 Å². The fraction of sp³-hybridized carbons (Fsp3) is 0.161. The summed E-state index contributed by atoms with van der Waals surface area (Å²) in [6, 6.07) is 29.3. The number of nitrogens with zero attached hydrogens (tertiary/aromatic N) is 3. The van der Waals surface area contributed by atoms with Crippen LogP contribution in [-0.2, 0) is 11.3 Å². The smallest absolute Gasteiger partial charge is 0.253 e. The van der Waals surface area contributed by atoms with E-state index in [1.54, 1.807) is 28.1 Å². The van der Waals surface area contributed by atoms with Gasteiger partial charge in [0.05, 0.1) is 22.4 Å². The number of hydrazone groups is 1. The number of amides is 1. The van der Waals surface area contributed by atoms with E-state index >= 15 is 0 Å². The van der Waals surface area contributed by atoms with Gasteiger partial charge in [-0.1, -0.05) is 82.2 Å². The summed E-state index contributed by atoms with van der Waals surface area (Å²) in [4.78, 5) is 15.9. The highest BCUT2D eigenvalue weighted by molar-refractivity contribution is 9.10. The maximum Gasteiger partial charge on any atom is 0.253 e. The van der Waals surface area contributed by atoms with Gasteiger partial charge in [-0.05, 0) is 47.7 Å². The molecule has 1 aliphatic rings. The zero-order chi connectivity index (χ0) is 26.1. The third kappa shape index (κ3) is 5.23. The first kappa shape index (κ1) is 25.2. The molecule has 2 aromatic heterocycles. The molecule has 190 valence electrons. The maximum atomic E-state index is 13.6. The van der Waals surface area contributed by atoms with Gasteiger partial charge in [0.25, 0.3) is 5.91 Å². The quantitative estimate of drug-likeness (QED) is 0.176. The molecule has 7 heteroatoms. The Morgan fingerprint density at radius 2 is 1.82 bits per heavy atom. The molecule has 1 aliphatic heterocycles. The second kappa shape index (κ2) is 10.9. The number of benzene rings is 3. The van der Waals surface area contributed by atoms with Crippen molar-refractivity contribution in [1.29, 1.82) is 0 Å². The Labute approximate surface area is 239 Å². The largest absolute Gasteiger partial charge is 0.342 e. The Morgan fingerprint density at radius 1 is 1.03 bits per heavy atom. The fourth-order valence-electron chi connectivity index (χ4n) is 4.83. The molecule has 0 radical (unpaired) electrons. The standard InChI is InChI=1S/C31H26BrN3OS2/c1-21-8-12-23(13-9-21)28-17-26(29-7-4-16-37-29)33-35(28)31(36)20-38-30-19-34(27-6-3-2-5-25(27)30)18-22-10-14-24(32)15-11-22/h2-16,19,28H,17-18,20H2,1H3. The first-order chi connectivity index (χ1) is 18.5. The van der Waals surface area contributed by atoms with Crippen LogP contribution >= 0.6 is 39.0 Å². The third-order valence-electron chi connectivity index (χ3n) is 6.80. The number of rotatable bonds is 7. The van der Waals surface area contributed by atoms with Gasteiger partial charge in [-0.15, -0.1) is 23.1 Å². The van der Waals surface area contributed by atoms with Crippen molar-refractivity contribution < 1.29 is 4.79 Å². The number of carbonyl (C=O) groups excluding carboxylic acids is 1. The molecule has 1 atom stereocenters. The van der Waals surface area contributed by atoms with E-state index in [0.717, 1.165) is 38.5 Å². The average Bonchev–Trinajstić information content (AvgIpc) is 3.69. The summed E-state index contributed by atoms with van der Waals surface area (Å²) in [5.74, 6) is 0.354. The number of para-hydroxylation sites is 1. The van der Waals surface area contributed by atoms with Crippen LogP contribution in [0.15, 0.2) is 111 Å². The minimum absolute atomic E-state index is 0.0249. The fourth-order valence-corrected chi connectivity index (χ4v) is 6.76. The van der Waals surface area contributed by atoms with Gasteiger partial charge < -0.3 is 4.57 Å². The predicted octanol–water partition coefficient (Wildman–Crippen LogP) is 8.29. The molecule has 0 fully saturated rings. The molecule has 38 heavy (non-hydrogen) atoms. The molecule has 0 saturated carbocycles. The molecule has 0 aliphatic carbocycles. The number of aromatic nitrogens is 1. The van der Waals surface area contributed by atoms with Crippen molar-refractivity contribution in [3.05, 3.63) is 123 Å². The van der Waals surface area contributed by atoms with E-state index in [1.807, 2.05) is 6.07 Å². The van der Waals surface area contributed by atoms with Crippen LogP contribution in [0.4, 0.5) is 0 Å². The SMILES string of the molecule is Cc1ccc(C2CC(c3cccs3)=NN2C(=O)CSc2cn(Cc3ccc(Br)cc3)c3ccccc23)cc1. The Hall–Kier alpha value is -3.13. The number of thioether (sulfide) groups is 1. The number of halogens is 1. The van der Waals surface area contributed by atoms with E-state index in [4.69, 9.17) is 5.10 Å². The van der Waals surface area contributed by atoms with Crippen molar-refractivity contribution in [3.8, 4) is 0 Å². The summed E-state index contributed by atoms with van der Waals surface area (Å²) in [6.45, 7) is 2.86. The van der Waals surface area contributed by atoms with Crippen molar-refractivity contribution in [3.63, 3.8) is 0 Å². The number of thiophene rings is 1. The van der Waals surface area contributed by atoms with Crippen molar-refractivity contribution in [2.45, 2.75) is 30.8 Å². The minimum atomic E-state index is -0.0838. The summed E-state index contributed by atoms with van der Waals surface area (Å²) >= 11 is 6.78. The van der Waals surface area contributed by atoms with Crippen LogP contribution in [0.25, 0.3) is 10.9 Å². The molecule has 0 saturated heterocycles. The van der Waals surface area contributed by atoms with Crippen LogP contribution < -0.4 is 0 Å². The molecule has 0 N–H and O–H groups in total. The molecular formula is C31H26BrN3OS2. The van der Waals surface area contributed by atoms with Gasteiger partial charge in [-0.25, -0.2) is 5.01 Å². The van der Waals surface area contributed by atoms with E-state index < -0.39 is 0 Å². The monoisotopic (exact) mass is 599 g/mol. The minimum Gasteiger partial charge on any atom is -0.342 e. The highest BCUT2D eigenvalue weighted by Gasteiger charge is 2.33. The molecule has 4 nitrogen and oxygen atoms in total. The van der Waals surface area contributed by atoms with E-state index in [2.05, 4.69) is 118 Å². The molecule has 1 unspecified atom stereocenters. The number of hydrogen-bond acceptors (Lipinski definition) is 4. The van der Waals surface area contributed by atoms with Crippen molar-refractivity contribution in [2.24, 2.45) is 5.10 Å². The summed E-state index contributed by atoms with van der Waals surface area (Å²) < 4.78 is 3.34. The van der Waals surface area contributed by atoms with E-state index in [1.165, 1.54) is 22.0 Å². The molecule has 3 heterocycles.